The van der Waals surface area contributed by atoms with Crippen LogP contribution in [0.15, 0.2) is 24.3 Å². The number of benzene rings is 1. The summed E-state index contributed by atoms with van der Waals surface area (Å²) in [6.45, 7) is 2.48. The highest BCUT2D eigenvalue weighted by atomic mass is 35.5. The van der Waals surface area contributed by atoms with Gasteiger partial charge in [0.05, 0.1) is 0 Å². The molecular weight excluding hydrogens is 278 g/mol. The standard InChI is InChI=1S/C13H18ClN5O/c14-9-10-2-1-3-11(8-10)12(20)18-4-6-19(7-5-18)17-13(15)16/h1-3,8H,4-7,9H2,(H4,15,16,17). The number of piperazine rings is 1. The fourth-order valence-corrected chi connectivity index (χ4v) is 2.33. The molecule has 1 aliphatic rings. The first kappa shape index (κ1) is 14.6. The number of nitrogens with two attached hydrogens (primary N) is 1. The van der Waals surface area contributed by atoms with Crippen molar-refractivity contribution < 1.29 is 4.79 Å². The van der Waals surface area contributed by atoms with Gasteiger partial charge in [0.15, 0.2) is 0 Å². The van der Waals surface area contributed by atoms with E-state index in [0.29, 0.717) is 37.6 Å². The van der Waals surface area contributed by atoms with Crippen LogP contribution in [0.4, 0.5) is 0 Å². The summed E-state index contributed by atoms with van der Waals surface area (Å²) in [5.74, 6) is 0.330. The maximum absolute atomic E-state index is 12.4. The quantitative estimate of drug-likeness (QED) is 0.433. The topological polar surface area (TPSA) is 85.4 Å². The SMILES string of the molecule is N=C(N)NN1CCN(C(=O)c2cccc(CCl)c2)CC1. The number of amides is 1. The van der Waals surface area contributed by atoms with Crippen molar-refractivity contribution in [1.29, 1.82) is 5.41 Å². The number of hydrogen-bond donors (Lipinski definition) is 3. The van der Waals surface area contributed by atoms with E-state index in [1.165, 1.54) is 0 Å². The van der Waals surface area contributed by atoms with Crippen molar-refractivity contribution in [2.45, 2.75) is 5.88 Å². The number of hydrazine groups is 1. The van der Waals surface area contributed by atoms with Crippen LogP contribution in [0.2, 0.25) is 0 Å². The summed E-state index contributed by atoms with van der Waals surface area (Å²) >= 11 is 5.79. The highest BCUT2D eigenvalue weighted by Gasteiger charge is 2.22. The predicted molar refractivity (Wildman–Crippen MR) is 78.5 cm³/mol. The van der Waals surface area contributed by atoms with Gasteiger partial charge in [-0.1, -0.05) is 12.1 Å². The average molecular weight is 296 g/mol. The number of hydrogen-bond acceptors (Lipinski definition) is 3. The molecule has 0 bridgehead atoms. The highest BCUT2D eigenvalue weighted by Crippen LogP contribution is 2.12. The van der Waals surface area contributed by atoms with Gasteiger partial charge < -0.3 is 10.6 Å². The minimum absolute atomic E-state index is 0.0134. The second-order valence-corrected chi connectivity index (χ2v) is 4.91. The van der Waals surface area contributed by atoms with Crippen molar-refractivity contribution in [3.8, 4) is 0 Å². The lowest BCUT2D eigenvalue weighted by atomic mass is 10.1. The van der Waals surface area contributed by atoms with Crippen LogP contribution < -0.4 is 11.2 Å². The Kier molecular flexibility index (Phi) is 4.81. The first-order chi connectivity index (χ1) is 9.60. The van der Waals surface area contributed by atoms with Gasteiger partial charge in [-0.05, 0) is 17.7 Å². The molecule has 0 spiro atoms. The number of nitrogens with one attached hydrogen (secondary N) is 2. The maximum atomic E-state index is 12.4. The van der Waals surface area contributed by atoms with Gasteiger partial charge in [0.2, 0.25) is 5.96 Å². The molecule has 20 heavy (non-hydrogen) atoms. The lowest BCUT2D eigenvalue weighted by Gasteiger charge is -2.34. The van der Waals surface area contributed by atoms with E-state index >= 15 is 0 Å². The summed E-state index contributed by atoms with van der Waals surface area (Å²) in [5.41, 5.74) is 9.62. The van der Waals surface area contributed by atoms with E-state index in [1.807, 2.05) is 23.2 Å². The van der Waals surface area contributed by atoms with E-state index in [1.54, 1.807) is 11.0 Å². The largest absolute Gasteiger partial charge is 0.369 e. The Morgan fingerprint density at radius 1 is 1.35 bits per heavy atom. The molecule has 6 nitrogen and oxygen atoms in total. The number of nitrogens with zero attached hydrogens (tertiary/aromatic N) is 2. The van der Waals surface area contributed by atoms with Gasteiger partial charge >= 0.3 is 0 Å². The molecule has 0 radical (unpaired) electrons. The molecule has 1 aliphatic heterocycles. The molecule has 1 aromatic carbocycles. The molecule has 0 aliphatic carbocycles. The fraction of sp³-hybridized carbons (Fsp3) is 0.385. The first-order valence-electron chi connectivity index (χ1n) is 6.40. The van der Waals surface area contributed by atoms with Gasteiger partial charge in [0, 0.05) is 37.6 Å². The normalized spacial score (nSPS) is 15.9. The van der Waals surface area contributed by atoms with Crippen LogP contribution in [0, 0.1) is 5.41 Å². The molecule has 2 rings (SSSR count). The molecule has 1 amide bonds. The smallest absolute Gasteiger partial charge is 0.253 e. The van der Waals surface area contributed by atoms with Crippen molar-refractivity contribution >= 4 is 23.5 Å². The van der Waals surface area contributed by atoms with E-state index in [-0.39, 0.29) is 11.9 Å². The van der Waals surface area contributed by atoms with Gasteiger partial charge in [-0.3, -0.25) is 15.6 Å². The molecule has 0 atom stereocenters. The van der Waals surface area contributed by atoms with Crippen LogP contribution in [0.25, 0.3) is 0 Å². The number of carbonyl (C=O) groups is 1. The second kappa shape index (κ2) is 6.58. The second-order valence-electron chi connectivity index (χ2n) is 4.64. The maximum Gasteiger partial charge on any atom is 0.253 e. The average Bonchev–Trinajstić information content (AvgIpc) is 2.47. The van der Waals surface area contributed by atoms with Crippen molar-refractivity contribution in [1.82, 2.24) is 15.3 Å². The molecule has 1 saturated heterocycles. The van der Waals surface area contributed by atoms with Crippen LogP contribution in [0.5, 0.6) is 0 Å². The van der Waals surface area contributed by atoms with Crippen molar-refractivity contribution in [2.75, 3.05) is 26.2 Å². The van der Waals surface area contributed by atoms with E-state index in [4.69, 9.17) is 22.7 Å². The Morgan fingerprint density at radius 3 is 2.65 bits per heavy atom. The van der Waals surface area contributed by atoms with Crippen LogP contribution in [-0.2, 0) is 5.88 Å². The van der Waals surface area contributed by atoms with Crippen LogP contribution in [-0.4, -0.2) is 48.0 Å². The van der Waals surface area contributed by atoms with Gasteiger partial charge in [-0.25, -0.2) is 5.01 Å². The molecule has 7 heteroatoms. The highest BCUT2D eigenvalue weighted by molar-refractivity contribution is 6.17. The van der Waals surface area contributed by atoms with E-state index in [2.05, 4.69) is 5.43 Å². The third-order valence-electron chi connectivity index (χ3n) is 3.17. The summed E-state index contributed by atoms with van der Waals surface area (Å²) in [5, 5.41) is 9.01. The zero-order valence-electron chi connectivity index (χ0n) is 11.1. The molecule has 0 aromatic heterocycles. The fourth-order valence-electron chi connectivity index (χ4n) is 2.16. The van der Waals surface area contributed by atoms with E-state index in [9.17, 15) is 4.79 Å². The Labute approximate surface area is 123 Å². The number of alkyl halides is 1. The van der Waals surface area contributed by atoms with Gasteiger partial charge in [0.1, 0.15) is 0 Å². The van der Waals surface area contributed by atoms with Crippen molar-refractivity contribution in [2.24, 2.45) is 5.73 Å². The summed E-state index contributed by atoms with van der Waals surface area (Å²) in [6, 6.07) is 7.38. The zero-order valence-corrected chi connectivity index (χ0v) is 11.9. The summed E-state index contributed by atoms with van der Waals surface area (Å²) in [6.07, 6.45) is 0. The van der Waals surface area contributed by atoms with Crippen molar-refractivity contribution in [3.05, 3.63) is 35.4 Å². The molecule has 0 unspecified atom stereocenters. The molecule has 1 fully saturated rings. The number of carbonyl (C=O) groups excluding carboxylic acids is 1. The van der Waals surface area contributed by atoms with Crippen molar-refractivity contribution in [3.63, 3.8) is 0 Å². The Hall–Kier alpha value is -1.79. The van der Waals surface area contributed by atoms with Gasteiger partial charge in [-0.15, -0.1) is 11.6 Å². The Bertz CT molecular complexity index is 499. The minimum Gasteiger partial charge on any atom is -0.369 e. The molecule has 1 aromatic rings. The molecule has 4 N–H and O–H groups in total. The molecule has 0 saturated carbocycles. The first-order valence-corrected chi connectivity index (χ1v) is 6.93. The minimum atomic E-state index is -0.0837. The third-order valence-corrected chi connectivity index (χ3v) is 3.48. The summed E-state index contributed by atoms with van der Waals surface area (Å²) in [7, 11) is 0. The number of guanidine groups is 1. The Morgan fingerprint density at radius 2 is 2.05 bits per heavy atom. The lowest BCUT2D eigenvalue weighted by Crippen LogP contribution is -2.56. The third kappa shape index (κ3) is 3.61. The molecular formula is C13H18ClN5O. The number of halogens is 1. The van der Waals surface area contributed by atoms with Crippen LogP contribution >= 0.6 is 11.6 Å². The van der Waals surface area contributed by atoms with Gasteiger partial charge in [0.25, 0.3) is 5.91 Å². The lowest BCUT2D eigenvalue weighted by molar-refractivity contribution is 0.0600. The molecule has 108 valence electrons. The predicted octanol–water partition coefficient (Wildman–Crippen LogP) is 0.581. The van der Waals surface area contributed by atoms with Crippen LogP contribution in [0.3, 0.4) is 0 Å². The monoisotopic (exact) mass is 295 g/mol. The molecule has 1 heterocycles. The van der Waals surface area contributed by atoms with E-state index < -0.39 is 0 Å². The summed E-state index contributed by atoms with van der Waals surface area (Å²) in [4.78, 5) is 14.2. The zero-order chi connectivity index (χ0) is 14.5. The number of rotatable bonds is 3. The van der Waals surface area contributed by atoms with Crippen LogP contribution in [0.1, 0.15) is 15.9 Å². The summed E-state index contributed by atoms with van der Waals surface area (Å²) < 4.78 is 0. The van der Waals surface area contributed by atoms with Gasteiger partial charge in [-0.2, -0.15) is 0 Å². The Balaban J connectivity index is 1.96. The van der Waals surface area contributed by atoms with E-state index in [0.717, 1.165) is 5.56 Å².